The van der Waals surface area contributed by atoms with Gasteiger partial charge in [-0.05, 0) is 24.3 Å². The first-order valence-corrected chi connectivity index (χ1v) is 6.20. The zero-order valence-electron chi connectivity index (χ0n) is 9.98. The lowest BCUT2D eigenvalue weighted by Crippen LogP contribution is -2.01. The fourth-order valence-electron chi connectivity index (χ4n) is 2.16. The van der Waals surface area contributed by atoms with Crippen molar-refractivity contribution in [3.05, 3.63) is 64.8 Å². The number of nitrogens with two attached hydrogens (primary N) is 1. The van der Waals surface area contributed by atoms with Crippen LogP contribution in [0.4, 0.5) is 5.69 Å². The van der Waals surface area contributed by atoms with E-state index >= 15 is 0 Å². The Morgan fingerprint density at radius 2 is 1.95 bits per heavy atom. The van der Waals surface area contributed by atoms with Gasteiger partial charge in [-0.15, -0.1) is 0 Å². The summed E-state index contributed by atoms with van der Waals surface area (Å²) in [6, 6.07) is 12.5. The highest BCUT2D eigenvalue weighted by molar-refractivity contribution is 6.31. The SMILES string of the molecule is Nc1cc(Cl)cc(C(=O)c2c[nH]c3ccccc23)c1. The maximum absolute atomic E-state index is 12.5. The first-order valence-electron chi connectivity index (χ1n) is 5.82. The van der Waals surface area contributed by atoms with Gasteiger partial charge in [-0.3, -0.25) is 4.79 Å². The van der Waals surface area contributed by atoms with E-state index in [0.717, 1.165) is 10.9 Å². The fraction of sp³-hybridized carbons (Fsp3) is 0. The van der Waals surface area contributed by atoms with Gasteiger partial charge in [0.05, 0.1) is 0 Å². The van der Waals surface area contributed by atoms with Crippen LogP contribution in [0.2, 0.25) is 5.02 Å². The predicted molar refractivity (Wildman–Crippen MR) is 77.6 cm³/mol. The second-order valence-corrected chi connectivity index (χ2v) is 4.79. The third-order valence-corrected chi connectivity index (χ3v) is 3.23. The minimum absolute atomic E-state index is 0.0911. The number of nitrogen functional groups attached to an aromatic ring is 1. The molecule has 3 nitrogen and oxygen atoms in total. The van der Waals surface area contributed by atoms with Gasteiger partial charge in [0, 0.05) is 38.9 Å². The van der Waals surface area contributed by atoms with Crippen LogP contribution in [0.25, 0.3) is 10.9 Å². The maximum Gasteiger partial charge on any atom is 0.195 e. The van der Waals surface area contributed by atoms with Crippen molar-refractivity contribution in [2.45, 2.75) is 0 Å². The van der Waals surface area contributed by atoms with Crippen LogP contribution in [0.1, 0.15) is 15.9 Å². The van der Waals surface area contributed by atoms with Gasteiger partial charge in [0.25, 0.3) is 0 Å². The van der Waals surface area contributed by atoms with Gasteiger partial charge in [-0.25, -0.2) is 0 Å². The van der Waals surface area contributed by atoms with Crippen molar-refractivity contribution in [1.82, 2.24) is 4.98 Å². The Hall–Kier alpha value is -2.26. The number of H-pyrrole nitrogens is 1. The second-order valence-electron chi connectivity index (χ2n) is 4.35. The number of hydrogen-bond acceptors (Lipinski definition) is 2. The molecule has 0 atom stereocenters. The first kappa shape index (κ1) is 11.8. The molecule has 3 rings (SSSR count). The number of rotatable bonds is 2. The van der Waals surface area contributed by atoms with Crippen LogP contribution in [-0.2, 0) is 0 Å². The van der Waals surface area contributed by atoms with E-state index < -0.39 is 0 Å². The van der Waals surface area contributed by atoms with Crippen molar-refractivity contribution in [1.29, 1.82) is 0 Å². The van der Waals surface area contributed by atoms with Gasteiger partial charge < -0.3 is 10.7 Å². The Balaban J connectivity index is 2.13. The molecule has 0 aliphatic heterocycles. The van der Waals surface area contributed by atoms with Crippen LogP contribution in [0, 0.1) is 0 Å². The number of fused-ring (bicyclic) bond motifs is 1. The summed E-state index contributed by atoms with van der Waals surface area (Å²) in [5.41, 5.74) is 8.25. The molecule has 2 aromatic carbocycles. The molecular formula is C15H11ClN2O. The number of anilines is 1. The van der Waals surface area contributed by atoms with Crippen molar-refractivity contribution in [3.8, 4) is 0 Å². The third kappa shape index (κ3) is 2.09. The molecule has 0 bridgehead atoms. The van der Waals surface area contributed by atoms with Crippen molar-refractivity contribution in [2.75, 3.05) is 5.73 Å². The zero-order valence-corrected chi connectivity index (χ0v) is 10.7. The van der Waals surface area contributed by atoms with E-state index in [0.29, 0.717) is 21.8 Å². The monoisotopic (exact) mass is 270 g/mol. The summed E-state index contributed by atoms with van der Waals surface area (Å²) in [5, 5.41) is 1.36. The maximum atomic E-state index is 12.5. The van der Waals surface area contributed by atoms with Crippen molar-refractivity contribution < 1.29 is 4.79 Å². The molecule has 1 heterocycles. The standard InChI is InChI=1S/C15H11ClN2O/c16-10-5-9(6-11(17)7-10)15(19)13-8-18-14-4-2-1-3-12(13)14/h1-8,18H,17H2. The molecule has 4 heteroatoms. The Bertz CT molecular complexity index is 756. The van der Waals surface area contributed by atoms with Crippen LogP contribution < -0.4 is 5.73 Å². The molecule has 0 unspecified atom stereocenters. The van der Waals surface area contributed by atoms with Gasteiger partial charge in [0.2, 0.25) is 0 Å². The van der Waals surface area contributed by atoms with E-state index in [-0.39, 0.29) is 5.78 Å². The van der Waals surface area contributed by atoms with E-state index in [9.17, 15) is 4.79 Å². The fourth-order valence-corrected chi connectivity index (χ4v) is 2.40. The second kappa shape index (κ2) is 4.44. The molecule has 0 aliphatic carbocycles. The number of carbonyl (C=O) groups excluding carboxylic acids is 1. The highest BCUT2D eigenvalue weighted by atomic mass is 35.5. The Morgan fingerprint density at radius 1 is 1.16 bits per heavy atom. The Kier molecular flexibility index (Phi) is 2.76. The molecule has 0 fully saturated rings. The minimum Gasteiger partial charge on any atom is -0.399 e. The molecule has 1 aromatic heterocycles. The van der Waals surface area contributed by atoms with E-state index in [4.69, 9.17) is 17.3 Å². The number of aromatic nitrogens is 1. The lowest BCUT2D eigenvalue weighted by atomic mass is 10.0. The smallest absolute Gasteiger partial charge is 0.195 e. The third-order valence-electron chi connectivity index (χ3n) is 3.02. The number of carbonyl (C=O) groups is 1. The molecule has 0 amide bonds. The summed E-state index contributed by atoms with van der Waals surface area (Å²) in [5.74, 6) is -0.0911. The lowest BCUT2D eigenvalue weighted by molar-refractivity contribution is 0.104. The number of ketones is 1. The van der Waals surface area contributed by atoms with Crippen molar-refractivity contribution >= 4 is 34.0 Å². The van der Waals surface area contributed by atoms with Crippen LogP contribution in [0.5, 0.6) is 0 Å². The average Bonchev–Trinajstić information content (AvgIpc) is 2.80. The van der Waals surface area contributed by atoms with Crippen LogP contribution in [-0.4, -0.2) is 10.8 Å². The molecule has 0 saturated carbocycles. The molecule has 0 radical (unpaired) electrons. The molecule has 19 heavy (non-hydrogen) atoms. The molecule has 3 N–H and O–H groups in total. The number of aromatic amines is 1. The van der Waals surface area contributed by atoms with Gasteiger partial charge in [0.15, 0.2) is 5.78 Å². The highest BCUT2D eigenvalue weighted by Crippen LogP contribution is 2.23. The quantitative estimate of drug-likeness (QED) is 0.552. The van der Waals surface area contributed by atoms with Gasteiger partial charge in [-0.2, -0.15) is 0 Å². The molecule has 0 saturated heterocycles. The topological polar surface area (TPSA) is 58.9 Å². The summed E-state index contributed by atoms with van der Waals surface area (Å²) < 4.78 is 0. The number of nitrogens with one attached hydrogen (secondary N) is 1. The number of benzene rings is 2. The van der Waals surface area contributed by atoms with Gasteiger partial charge >= 0.3 is 0 Å². The average molecular weight is 271 g/mol. The largest absolute Gasteiger partial charge is 0.399 e. The molecular weight excluding hydrogens is 260 g/mol. The van der Waals surface area contributed by atoms with Crippen molar-refractivity contribution in [2.24, 2.45) is 0 Å². The first-order chi connectivity index (χ1) is 9.15. The van der Waals surface area contributed by atoms with E-state index in [1.165, 1.54) is 0 Å². The van der Waals surface area contributed by atoms with Gasteiger partial charge in [-0.1, -0.05) is 29.8 Å². The van der Waals surface area contributed by atoms with Crippen LogP contribution in [0.15, 0.2) is 48.7 Å². The van der Waals surface area contributed by atoms with E-state index in [2.05, 4.69) is 4.98 Å². The van der Waals surface area contributed by atoms with E-state index in [1.54, 1.807) is 24.4 Å². The minimum atomic E-state index is -0.0911. The van der Waals surface area contributed by atoms with Crippen LogP contribution in [0.3, 0.4) is 0 Å². The predicted octanol–water partition coefficient (Wildman–Crippen LogP) is 3.63. The van der Waals surface area contributed by atoms with Gasteiger partial charge in [0.1, 0.15) is 0 Å². The Morgan fingerprint density at radius 3 is 2.74 bits per heavy atom. The zero-order chi connectivity index (χ0) is 13.4. The molecule has 0 spiro atoms. The Labute approximate surface area is 115 Å². The van der Waals surface area contributed by atoms with Crippen molar-refractivity contribution in [3.63, 3.8) is 0 Å². The summed E-state index contributed by atoms with van der Waals surface area (Å²) in [7, 11) is 0. The number of hydrogen-bond donors (Lipinski definition) is 2. The molecule has 94 valence electrons. The number of halogens is 1. The summed E-state index contributed by atoms with van der Waals surface area (Å²) in [6.45, 7) is 0. The van der Waals surface area contributed by atoms with E-state index in [1.807, 2.05) is 24.3 Å². The number of para-hydroxylation sites is 1. The summed E-state index contributed by atoms with van der Waals surface area (Å²) >= 11 is 5.93. The molecule has 3 aromatic rings. The normalized spacial score (nSPS) is 10.8. The molecule has 0 aliphatic rings. The van der Waals surface area contributed by atoms with Crippen LogP contribution >= 0.6 is 11.6 Å². The lowest BCUT2D eigenvalue weighted by Gasteiger charge is -2.02. The highest BCUT2D eigenvalue weighted by Gasteiger charge is 2.14. The summed E-state index contributed by atoms with van der Waals surface area (Å²) in [4.78, 5) is 15.6. The summed E-state index contributed by atoms with van der Waals surface area (Å²) in [6.07, 6.45) is 1.71.